The van der Waals surface area contributed by atoms with Crippen molar-refractivity contribution in [1.29, 1.82) is 0 Å². The summed E-state index contributed by atoms with van der Waals surface area (Å²) in [6, 6.07) is 1.76. The third kappa shape index (κ3) is 2.44. The van der Waals surface area contributed by atoms with Crippen LogP contribution in [0.1, 0.15) is 45.4 Å². The van der Waals surface area contributed by atoms with Gasteiger partial charge in [0.05, 0.1) is 13.2 Å². The van der Waals surface area contributed by atoms with E-state index in [-0.39, 0.29) is 5.79 Å². The fourth-order valence-corrected chi connectivity index (χ4v) is 3.93. The molecule has 0 aromatic heterocycles. The predicted octanol–water partition coefficient (Wildman–Crippen LogP) is 1.48. The minimum atomic E-state index is -0.216. The second-order valence-electron chi connectivity index (χ2n) is 6.21. The van der Waals surface area contributed by atoms with E-state index >= 15 is 0 Å². The third-order valence-corrected chi connectivity index (χ3v) is 4.97. The number of rotatable bonds is 1. The van der Waals surface area contributed by atoms with E-state index in [0.717, 1.165) is 38.9 Å². The molecule has 2 atom stereocenters. The van der Waals surface area contributed by atoms with Crippen LogP contribution in [0.4, 0.5) is 0 Å². The lowest BCUT2D eigenvalue weighted by Gasteiger charge is -2.45. The van der Waals surface area contributed by atoms with Gasteiger partial charge in [0.25, 0.3) is 0 Å². The first kappa shape index (κ1) is 12.9. The lowest BCUT2D eigenvalue weighted by molar-refractivity contribution is -0.185. The summed E-state index contributed by atoms with van der Waals surface area (Å²) in [6.45, 7) is 5.05. The first-order chi connectivity index (χ1) is 8.69. The predicted molar refractivity (Wildman–Crippen MR) is 70.3 cm³/mol. The number of likely N-dealkylation sites (tertiary alicyclic amines) is 1. The maximum absolute atomic E-state index is 6.04. The summed E-state index contributed by atoms with van der Waals surface area (Å²) in [5.41, 5.74) is 6.04. The molecule has 0 bridgehead atoms. The van der Waals surface area contributed by atoms with Gasteiger partial charge in [0.1, 0.15) is 0 Å². The molecule has 0 aromatic rings. The summed E-state index contributed by atoms with van der Waals surface area (Å²) >= 11 is 0. The zero-order valence-electron chi connectivity index (χ0n) is 11.4. The van der Waals surface area contributed by atoms with E-state index in [0.29, 0.717) is 18.1 Å². The van der Waals surface area contributed by atoms with Gasteiger partial charge in [-0.25, -0.2) is 0 Å². The molecule has 0 radical (unpaired) electrons. The Morgan fingerprint density at radius 1 is 1.11 bits per heavy atom. The van der Waals surface area contributed by atoms with Crippen LogP contribution in [0.25, 0.3) is 0 Å². The van der Waals surface area contributed by atoms with Crippen LogP contribution in [0.3, 0.4) is 0 Å². The van der Waals surface area contributed by atoms with E-state index in [1.807, 2.05) is 0 Å². The SMILES string of the molecule is CC1CC(N)CCN1C1CCC2(CC1)OCCO2. The summed E-state index contributed by atoms with van der Waals surface area (Å²) in [7, 11) is 0. The fourth-order valence-electron chi connectivity index (χ4n) is 3.93. The van der Waals surface area contributed by atoms with Crippen LogP contribution >= 0.6 is 0 Å². The van der Waals surface area contributed by atoms with Gasteiger partial charge in [-0.1, -0.05) is 0 Å². The minimum absolute atomic E-state index is 0.216. The Hall–Kier alpha value is -0.160. The number of hydrogen-bond acceptors (Lipinski definition) is 4. The lowest BCUT2D eigenvalue weighted by atomic mass is 9.86. The molecule has 2 aliphatic heterocycles. The molecule has 3 fully saturated rings. The van der Waals surface area contributed by atoms with Gasteiger partial charge < -0.3 is 15.2 Å². The van der Waals surface area contributed by atoms with Gasteiger partial charge in [0.15, 0.2) is 5.79 Å². The normalized spacial score (nSPS) is 38.3. The Bertz CT molecular complexity index is 282. The summed E-state index contributed by atoms with van der Waals surface area (Å²) < 4.78 is 11.6. The largest absolute Gasteiger partial charge is 0.348 e. The van der Waals surface area contributed by atoms with Gasteiger partial charge in [0.2, 0.25) is 0 Å². The molecule has 2 heterocycles. The van der Waals surface area contributed by atoms with E-state index in [4.69, 9.17) is 15.2 Å². The monoisotopic (exact) mass is 254 g/mol. The zero-order valence-corrected chi connectivity index (χ0v) is 11.4. The van der Waals surface area contributed by atoms with Crippen molar-refractivity contribution in [1.82, 2.24) is 4.90 Å². The molecule has 3 aliphatic rings. The molecule has 3 rings (SSSR count). The number of nitrogens with zero attached hydrogens (tertiary/aromatic N) is 1. The van der Waals surface area contributed by atoms with E-state index in [9.17, 15) is 0 Å². The molecule has 1 spiro atoms. The van der Waals surface area contributed by atoms with Gasteiger partial charge >= 0.3 is 0 Å². The summed E-state index contributed by atoms with van der Waals surface area (Å²) in [5.74, 6) is -0.216. The van der Waals surface area contributed by atoms with Gasteiger partial charge in [0, 0.05) is 37.5 Å². The molecule has 18 heavy (non-hydrogen) atoms. The first-order valence-electron chi connectivity index (χ1n) is 7.48. The standard InChI is InChI=1S/C14H26N2O2/c1-11-10-12(15)4-7-16(11)13-2-5-14(6-3-13)17-8-9-18-14/h11-13H,2-10,15H2,1H3. The van der Waals surface area contributed by atoms with Gasteiger partial charge in [-0.2, -0.15) is 0 Å². The number of hydrogen-bond donors (Lipinski definition) is 1. The number of nitrogens with two attached hydrogens (primary N) is 1. The molecule has 2 unspecified atom stereocenters. The van der Waals surface area contributed by atoms with Crippen molar-refractivity contribution in [2.24, 2.45) is 5.73 Å². The van der Waals surface area contributed by atoms with Gasteiger partial charge in [-0.05, 0) is 32.6 Å². The van der Waals surface area contributed by atoms with Crippen LogP contribution in [-0.4, -0.2) is 48.6 Å². The Morgan fingerprint density at radius 3 is 2.39 bits per heavy atom. The Balaban J connectivity index is 1.56. The smallest absolute Gasteiger partial charge is 0.168 e. The highest BCUT2D eigenvalue weighted by molar-refractivity contribution is 4.91. The van der Waals surface area contributed by atoms with Crippen LogP contribution in [0.15, 0.2) is 0 Å². The molecular weight excluding hydrogens is 228 g/mol. The lowest BCUT2D eigenvalue weighted by Crippen LogP contribution is -2.52. The van der Waals surface area contributed by atoms with Crippen LogP contribution < -0.4 is 5.73 Å². The van der Waals surface area contributed by atoms with E-state index < -0.39 is 0 Å². The van der Waals surface area contributed by atoms with E-state index in [1.165, 1.54) is 19.4 Å². The molecule has 1 aliphatic carbocycles. The number of piperidine rings is 1. The quantitative estimate of drug-likeness (QED) is 0.770. The van der Waals surface area contributed by atoms with E-state index in [2.05, 4.69) is 11.8 Å². The maximum atomic E-state index is 6.04. The summed E-state index contributed by atoms with van der Waals surface area (Å²) in [5, 5.41) is 0. The van der Waals surface area contributed by atoms with Crippen molar-refractivity contribution < 1.29 is 9.47 Å². The van der Waals surface area contributed by atoms with Crippen molar-refractivity contribution in [3.8, 4) is 0 Å². The molecule has 2 N–H and O–H groups in total. The van der Waals surface area contributed by atoms with Crippen molar-refractivity contribution in [2.75, 3.05) is 19.8 Å². The molecular formula is C14H26N2O2. The highest BCUT2D eigenvalue weighted by atomic mass is 16.7. The maximum Gasteiger partial charge on any atom is 0.168 e. The average Bonchev–Trinajstić information content (AvgIpc) is 2.80. The molecule has 1 saturated carbocycles. The fraction of sp³-hybridized carbons (Fsp3) is 1.00. The highest BCUT2D eigenvalue weighted by Crippen LogP contribution is 2.38. The minimum Gasteiger partial charge on any atom is -0.348 e. The Kier molecular flexibility index (Phi) is 3.63. The molecule has 4 heteroatoms. The Morgan fingerprint density at radius 2 is 1.78 bits per heavy atom. The van der Waals surface area contributed by atoms with Gasteiger partial charge in [-0.15, -0.1) is 0 Å². The second-order valence-corrected chi connectivity index (χ2v) is 6.21. The molecule has 0 aromatic carbocycles. The summed E-state index contributed by atoms with van der Waals surface area (Å²) in [6.07, 6.45) is 6.84. The van der Waals surface area contributed by atoms with Crippen molar-refractivity contribution in [2.45, 2.75) is 69.4 Å². The molecule has 0 amide bonds. The average molecular weight is 254 g/mol. The molecule has 104 valence electrons. The molecule has 2 saturated heterocycles. The summed E-state index contributed by atoms with van der Waals surface area (Å²) in [4.78, 5) is 2.67. The first-order valence-corrected chi connectivity index (χ1v) is 7.48. The van der Waals surface area contributed by atoms with Crippen LogP contribution in [0, 0.1) is 0 Å². The van der Waals surface area contributed by atoms with Crippen molar-refractivity contribution >= 4 is 0 Å². The van der Waals surface area contributed by atoms with Crippen LogP contribution in [-0.2, 0) is 9.47 Å². The van der Waals surface area contributed by atoms with Gasteiger partial charge in [-0.3, -0.25) is 4.90 Å². The van der Waals surface area contributed by atoms with Crippen LogP contribution in [0.5, 0.6) is 0 Å². The zero-order chi connectivity index (χ0) is 12.6. The van der Waals surface area contributed by atoms with Crippen molar-refractivity contribution in [3.63, 3.8) is 0 Å². The second kappa shape index (κ2) is 5.08. The van der Waals surface area contributed by atoms with Crippen LogP contribution in [0.2, 0.25) is 0 Å². The van der Waals surface area contributed by atoms with Crippen molar-refractivity contribution in [3.05, 3.63) is 0 Å². The third-order valence-electron chi connectivity index (χ3n) is 4.97. The number of ether oxygens (including phenoxy) is 2. The highest BCUT2D eigenvalue weighted by Gasteiger charge is 2.42. The molecule has 4 nitrogen and oxygen atoms in total. The Labute approximate surface area is 110 Å². The topological polar surface area (TPSA) is 47.7 Å². The van der Waals surface area contributed by atoms with E-state index in [1.54, 1.807) is 0 Å².